The SMILES string of the molecule is CC(=O)N1CCc2[nH]nc(Nc3ccc(-c4cnn(C)c4)c(C(F)F)c3)c2C1.CSC. The summed E-state index contributed by atoms with van der Waals surface area (Å²) >= 11 is 1.75. The molecule has 0 bridgehead atoms. The molecule has 0 atom stereocenters. The van der Waals surface area contributed by atoms with Crippen LogP contribution in [0.4, 0.5) is 20.3 Å². The van der Waals surface area contributed by atoms with E-state index in [9.17, 15) is 13.6 Å². The van der Waals surface area contributed by atoms with Crippen LogP contribution in [0.15, 0.2) is 30.6 Å². The van der Waals surface area contributed by atoms with Crippen LogP contribution >= 0.6 is 11.8 Å². The minimum atomic E-state index is -2.63. The van der Waals surface area contributed by atoms with Crippen molar-refractivity contribution in [3.8, 4) is 11.1 Å². The molecule has 2 N–H and O–H groups in total. The van der Waals surface area contributed by atoms with Gasteiger partial charge in [0.25, 0.3) is 6.43 Å². The van der Waals surface area contributed by atoms with Gasteiger partial charge in [-0.2, -0.15) is 22.0 Å². The number of hydrogen-bond acceptors (Lipinski definition) is 5. The number of fused-ring (bicyclic) bond motifs is 1. The lowest BCUT2D eigenvalue weighted by Crippen LogP contribution is -2.34. The summed E-state index contributed by atoms with van der Waals surface area (Å²) in [6.07, 6.45) is 5.41. The van der Waals surface area contributed by atoms with Gasteiger partial charge in [0.15, 0.2) is 5.82 Å². The fraction of sp³-hybridized carbons (Fsp3) is 0.381. The molecule has 3 heterocycles. The number of amides is 1. The summed E-state index contributed by atoms with van der Waals surface area (Å²) < 4.78 is 28.9. The smallest absolute Gasteiger partial charge is 0.264 e. The van der Waals surface area contributed by atoms with E-state index in [1.165, 1.54) is 13.0 Å². The molecule has 1 aromatic carbocycles. The first-order valence-electron chi connectivity index (χ1n) is 9.74. The van der Waals surface area contributed by atoms with Crippen molar-refractivity contribution in [2.75, 3.05) is 24.4 Å². The lowest BCUT2D eigenvalue weighted by molar-refractivity contribution is -0.129. The summed E-state index contributed by atoms with van der Waals surface area (Å²) in [5.41, 5.74) is 3.36. The summed E-state index contributed by atoms with van der Waals surface area (Å²) in [6, 6.07) is 4.82. The maximum atomic E-state index is 13.7. The molecule has 0 radical (unpaired) electrons. The van der Waals surface area contributed by atoms with Gasteiger partial charge in [0.05, 0.1) is 12.7 Å². The van der Waals surface area contributed by atoms with Crippen LogP contribution in [0.2, 0.25) is 0 Å². The van der Waals surface area contributed by atoms with Crippen LogP contribution in [0.3, 0.4) is 0 Å². The number of carbonyl (C=O) groups excluding carboxylic acids is 1. The van der Waals surface area contributed by atoms with Gasteiger partial charge in [-0.15, -0.1) is 0 Å². The monoisotopic (exact) mass is 448 g/mol. The Morgan fingerprint density at radius 2 is 2.06 bits per heavy atom. The van der Waals surface area contributed by atoms with Crippen LogP contribution < -0.4 is 5.32 Å². The molecule has 0 saturated carbocycles. The highest BCUT2D eigenvalue weighted by atomic mass is 32.2. The standard InChI is InChI=1S/C19H20F2N6O.C2H6S/c1-11(28)27-6-5-17-16(10-27)19(25-24-17)23-13-3-4-14(15(7-13)18(20)21)12-8-22-26(2)9-12;1-3-2/h3-4,7-9,18H,5-6,10H2,1-2H3,(H2,23,24,25);1-2H3. The molecule has 1 aliphatic rings. The van der Waals surface area contributed by atoms with E-state index in [4.69, 9.17) is 0 Å². The maximum absolute atomic E-state index is 13.7. The van der Waals surface area contributed by atoms with Gasteiger partial charge in [-0.3, -0.25) is 14.6 Å². The molecule has 1 aliphatic heterocycles. The number of nitrogens with zero attached hydrogens (tertiary/aromatic N) is 4. The number of nitrogens with one attached hydrogen (secondary N) is 2. The predicted molar refractivity (Wildman–Crippen MR) is 120 cm³/mol. The van der Waals surface area contributed by atoms with E-state index >= 15 is 0 Å². The molecule has 0 saturated heterocycles. The van der Waals surface area contributed by atoms with E-state index in [2.05, 4.69) is 20.6 Å². The molecule has 7 nitrogen and oxygen atoms in total. The van der Waals surface area contributed by atoms with Gasteiger partial charge < -0.3 is 10.2 Å². The van der Waals surface area contributed by atoms with Crippen LogP contribution in [0.5, 0.6) is 0 Å². The summed E-state index contributed by atoms with van der Waals surface area (Å²) in [7, 11) is 1.74. The van der Waals surface area contributed by atoms with Crippen molar-refractivity contribution in [1.82, 2.24) is 24.9 Å². The maximum Gasteiger partial charge on any atom is 0.264 e. The number of benzene rings is 1. The van der Waals surface area contributed by atoms with Crippen molar-refractivity contribution in [3.05, 3.63) is 47.4 Å². The largest absolute Gasteiger partial charge is 0.338 e. The van der Waals surface area contributed by atoms with Gasteiger partial charge in [0, 0.05) is 61.2 Å². The van der Waals surface area contributed by atoms with Crippen LogP contribution in [0, 0.1) is 0 Å². The highest BCUT2D eigenvalue weighted by Gasteiger charge is 2.24. The Bertz CT molecular complexity index is 1050. The quantitative estimate of drug-likeness (QED) is 0.620. The fourth-order valence-electron chi connectivity index (χ4n) is 3.45. The molecule has 0 aliphatic carbocycles. The van der Waals surface area contributed by atoms with Gasteiger partial charge in [-0.05, 0) is 30.2 Å². The molecule has 31 heavy (non-hydrogen) atoms. The van der Waals surface area contributed by atoms with Crippen molar-refractivity contribution in [3.63, 3.8) is 0 Å². The first-order valence-corrected chi connectivity index (χ1v) is 11.4. The van der Waals surface area contributed by atoms with Gasteiger partial charge in [0.2, 0.25) is 5.91 Å². The third kappa shape index (κ3) is 5.25. The third-order valence-corrected chi connectivity index (χ3v) is 4.94. The molecule has 166 valence electrons. The third-order valence-electron chi connectivity index (χ3n) is 4.94. The molecule has 0 spiro atoms. The normalized spacial score (nSPS) is 12.9. The van der Waals surface area contributed by atoms with Crippen molar-refractivity contribution in [2.45, 2.75) is 26.3 Å². The van der Waals surface area contributed by atoms with E-state index in [1.54, 1.807) is 52.9 Å². The number of thioether (sulfide) groups is 1. The number of aryl methyl sites for hydroxylation is 1. The summed E-state index contributed by atoms with van der Waals surface area (Å²) in [5.74, 6) is 0.550. The van der Waals surface area contributed by atoms with Crippen molar-refractivity contribution in [2.24, 2.45) is 7.05 Å². The first kappa shape index (κ1) is 22.8. The predicted octanol–water partition coefficient (Wildman–Crippen LogP) is 4.38. The first-order chi connectivity index (χ1) is 14.8. The number of H-pyrrole nitrogens is 1. The molecule has 0 fully saturated rings. The van der Waals surface area contributed by atoms with Gasteiger partial charge >= 0.3 is 0 Å². The molecular weight excluding hydrogens is 422 g/mol. The molecular formula is C21H26F2N6OS. The zero-order valence-corrected chi connectivity index (χ0v) is 18.8. The number of aromatic nitrogens is 4. The number of anilines is 2. The van der Waals surface area contributed by atoms with E-state index < -0.39 is 6.43 Å². The minimum absolute atomic E-state index is 0.00129. The second kappa shape index (κ2) is 9.95. The molecule has 4 rings (SSSR count). The van der Waals surface area contributed by atoms with Crippen LogP contribution in [0.1, 0.15) is 30.2 Å². The van der Waals surface area contributed by atoms with Crippen LogP contribution in [0.25, 0.3) is 11.1 Å². The zero-order valence-electron chi connectivity index (χ0n) is 17.9. The molecule has 3 aromatic rings. The van der Waals surface area contributed by atoms with Crippen molar-refractivity contribution < 1.29 is 13.6 Å². The Labute approximate surface area is 184 Å². The average molecular weight is 449 g/mol. The van der Waals surface area contributed by atoms with E-state index in [0.29, 0.717) is 42.1 Å². The topological polar surface area (TPSA) is 78.8 Å². The number of rotatable bonds is 4. The lowest BCUT2D eigenvalue weighted by atomic mass is 10.0. The average Bonchev–Trinajstić information content (AvgIpc) is 3.34. The van der Waals surface area contributed by atoms with Gasteiger partial charge in [-0.1, -0.05) is 6.07 Å². The Hall–Kier alpha value is -2.88. The Kier molecular flexibility index (Phi) is 7.32. The van der Waals surface area contributed by atoms with Gasteiger partial charge in [0.1, 0.15) is 0 Å². The number of carbonyl (C=O) groups is 1. The lowest BCUT2D eigenvalue weighted by Gasteiger charge is -2.26. The van der Waals surface area contributed by atoms with Gasteiger partial charge in [-0.25, -0.2) is 8.78 Å². The van der Waals surface area contributed by atoms with Crippen LogP contribution in [-0.4, -0.2) is 49.8 Å². The van der Waals surface area contributed by atoms with Crippen LogP contribution in [-0.2, 0) is 24.8 Å². The van der Waals surface area contributed by atoms with E-state index in [-0.39, 0.29) is 11.5 Å². The number of aromatic amines is 1. The second-order valence-electron chi connectivity index (χ2n) is 7.26. The Morgan fingerprint density at radius 3 is 2.68 bits per heavy atom. The zero-order chi connectivity index (χ0) is 22.5. The van der Waals surface area contributed by atoms with E-state index in [1.807, 2.05) is 12.5 Å². The fourth-order valence-corrected chi connectivity index (χ4v) is 3.45. The summed E-state index contributed by atoms with van der Waals surface area (Å²) in [5, 5.41) is 14.4. The number of alkyl halides is 2. The number of hydrogen-bond donors (Lipinski definition) is 2. The van der Waals surface area contributed by atoms with E-state index in [0.717, 1.165) is 11.3 Å². The molecule has 10 heteroatoms. The highest BCUT2D eigenvalue weighted by Crippen LogP contribution is 2.34. The number of halogens is 2. The molecule has 2 aromatic heterocycles. The molecule has 0 unspecified atom stereocenters. The highest BCUT2D eigenvalue weighted by molar-refractivity contribution is 7.97. The van der Waals surface area contributed by atoms with Crippen molar-refractivity contribution in [1.29, 1.82) is 0 Å². The Morgan fingerprint density at radius 1 is 1.32 bits per heavy atom. The molecule has 1 amide bonds. The summed E-state index contributed by atoms with van der Waals surface area (Å²) in [6.45, 7) is 2.61. The summed E-state index contributed by atoms with van der Waals surface area (Å²) in [4.78, 5) is 13.4. The minimum Gasteiger partial charge on any atom is -0.338 e. The van der Waals surface area contributed by atoms with Crippen molar-refractivity contribution >= 4 is 29.2 Å². The Balaban J connectivity index is 0.000000858. The second-order valence-corrected chi connectivity index (χ2v) is 8.08.